The number of carbonyl (C=O) groups excluding carboxylic acids is 1. The van der Waals surface area contributed by atoms with Gasteiger partial charge in [-0.1, -0.05) is 11.6 Å². The largest absolute Gasteiger partial charge is 0.323 e. The van der Waals surface area contributed by atoms with E-state index in [4.69, 9.17) is 11.6 Å². The van der Waals surface area contributed by atoms with Crippen molar-refractivity contribution in [3.05, 3.63) is 48.1 Å². The molecule has 0 atom stereocenters. The molecule has 1 aromatic carbocycles. The molecule has 0 aliphatic heterocycles. The lowest BCUT2D eigenvalue weighted by Gasteiger charge is -2.10. The van der Waals surface area contributed by atoms with Crippen LogP contribution in [0, 0.1) is 17.0 Å². The van der Waals surface area contributed by atoms with Crippen LogP contribution in [-0.2, 0) is 11.3 Å². The third-order valence-corrected chi connectivity index (χ3v) is 4.46. The van der Waals surface area contributed by atoms with E-state index in [9.17, 15) is 14.9 Å². The number of hydrogen-bond acceptors (Lipinski definition) is 4. The number of carbonyl (C=O) groups is 1. The van der Waals surface area contributed by atoms with E-state index in [1.165, 1.54) is 23.0 Å². The van der Waals surface area contributed by atoms with Crippen LogP contribution in [0.3, 0.4) is 0 Å². The van der Waals surface area contributed by atoms with E-state index < -0.39 is 4.92 Å². The van der Waals surface area contributed by atoms with Gasteiger partial charge in [0, 0.05) is 21.1 Å². The Balaban J connectivity index is 2.18. The Labute approximate surface area is 147 Å². The highest BCUT2D eigenvalue weighted by Gasteiger charge is 2.16. The number of non-ortho nitro benzene ring substituents is 1. The van der Waals surface area contributed by atoms with Gasteiger partial charge in [-0.15, -0.1) is 0 Å². The van der Waals surface area contributed by atoms with Crippen LogP contribution in [0.4, 0.5) is 11.4 Å². The van der Waals surface area contributed by atoms with Crippen LogP contribution in [0.1, 0.15) is 5.69 Å². The zero-order valence-electron chi connectivity index (χ0n) is 11.1. The van der Waals surface area contributed by atoms with Crippen molar-refractivity contribution in [1.29, 1.82) is 0 Å². The second-order valence-corrected chi connectivity index (χ2v) is 6.44. The highest BCUT2D eigenvalue weighted by Crippen LogP contribution is 2.35. The number of halogens is 3. The first-order chi connectivity index (χ1) is 10.3. The molecule has 1 amide bonds. The van der Waals surface area contributed by atoms with Crippen molar-refractivity contribution in [2.45, 2.75) is 13.5 Å². The number of hydrogen-bond donors (Lipinski definition) is 1. The molecule has 1 heterocycles. The number of aromatic nitrogens is 2. The Hall–Kier alpha value is -1.45. The van der Waals surface area contributed by atoms with E-state index in [-0.39, 0.29) is 18.1 Å². The van der Waals surface area contributed by atoms with Gasteiger partial charge in [-0.2, -0.15) is 5.10 Å². The summed E-state index contributed by atoms with van der Waals surface area (Å²) in [6, 6.07) is 2.63. The van der Waals surface area contributed by atoms with Gasteiger partial charge in [0.05, 0.1) is 27.5 Å². The maximum atomic E-state index is 12.1. The molecule has 22 heavy (non-hydrogen) atoms. The minimum absolute atomic E-state index is 0.0194. The topological polar surface area (TPSA) is 90.1 Å². The van der Waals surface area contributed by atoms with Crippen LogP contribution in [0.15, 0.2) is 27.3 Å². The Morgan fingerprint density at radius 3 is 2.50 bits per heavy atom. The van der Waals surface area contributed by atoms with E-state index in [0.29, 0.717) is 25.3 Å². The summed E-state index contributed by atoms with van der Waals surface area (Å²) in [6.07, 6.45) is 1.46. The summed E-state index contributed by atoms with van der Waals surface area (Å²) in [4.78, 5) is 22.3. The second kappa shape index (κ2) is 6.76. The third kappa shape index (κ3) is 3.65. The first kappa shape index (κ1) is 16.9. The van der Waals surface area contributed by atoms with Crippen LogP contribution in [0.2, 0.25) is 5.02 Å². The average Bonchev–Trinajstić information content (AvgIpc) is 2.74. The summed E-state index contributed by atoms with van der Waals surface area (Å²) in [7, 11) is 0. The van der Waals surface area contributed by atoms with Gasteiger partial charge in [-0.05, 0) is 38.8 Å². The first-order valence-electron chi connectivity index (χ1n) is 5.90. The van der Waals surface area contributed by atoms with Gasteiger partial charge in [0.25, 0.3) is 5.69 Å². The number of rotatable bonds is 4. The van der Waals surface area contributed by atoms with Crippen LogP contribution < -0.4 is 5.32 Å². The molecule has 0 spiro atoms. The molecule has 0 radical (unpaired) electrons. The van der Waals surface area contributed by atoms with Gasteiger partial charge >= 0.3 is 0 Å². The van der Waals surface area contributed by atoms with Gasteiger partial charge in [-0.25, -0.2) is 0 Å². The molecule has 1 N–H and O–H groups in total. The van der Waals surface area contributed by atoms with Gasteiger partial charge in [-0.3, -0.25) is 19.6 Å². The molecule has 116 valence electrons. The normalized spacial score (nSPS) is 10.5. The lowest BCUT2D eigenvalue weighted by molar-refractivity contribution is -0.385. The van der Waals surface area contributed by atoms with Crippen LogP contribution in [0.5, 0.6) is 0 Å². The maximum Gasteiger partial charge on any atom is 0.271 e. The molecule has 0 unspecified atom stereocenters. The molecule has 0 bridgehead atoms. The van der Waals surface area contributed by atoms with E-state index in [1.54, 1.807) is 6.92 Å². The van der Waals surface area contributed by atoms with Crippen LogP contribution in [0.25, 0.3) is 0 Å². The minimum Gasteiger partial charge on any atom is -0.323 e. The number of nitrogens with one attached hydrogen (secondary N) is 1. The predicted molar refractivity (Wildman–Crippen MR) is 89.1 cm³/mol. The SMILES string of the molecule is Cc1c(Cl)cnn1CC(=O)Nc1c(Br)cc([N+](=O)[O-])cc1Br. The molecule has 10 heteroatoms. The lowest BCUT2D eigenvalue weighted by Crippen LogP contribution is -2.20. The van der Waals surface area contributed by atoms with Crippen LogP contribution in [-0.4, -0.2) is 20.6 Å². The smallest absolute Gasteiger partial charge is 0.271 e. The van der Waals surface area contributed by atoms with E-state index in [0.717, 1.165) is 0 Å². The molecule has 0 aliphatic carbocycles. The molecule has 0 aliphatic rings. The molecule has 0 saturated heterocycles. The molecular formula is C12H9Br2ClN4O3. The Morgan fingerprint density at radius 1 is 1.45 bits per heavy atom. The van der Waals surface area contributed by atoms with E-state index in [2.05, 4.69) is 42.3 Å². The molecule has 2 aromatic rings. The Bertz CT molecular complexity index is 740. The summed E-state index contributed by atoms with van der Waals surface area (Å²) in [5, 5.41) is 17.9. The average molecular weight is 452 g/mol. The number of nitrogens with zero attached hydrogens (tertiary/aromatic N) is 3. The fourth-order valence-electron chi connectivity index (χ4n) is 1.68. The van der Waals surface area contributed by atoms with Crippen molar-refractivity contribution >= 4 is 60.7 Å². The summed E-state index contributed by atoms with van der Waals surface area (Å²) >= 11 is 12.3. The Morgan fingerprint density at radius 2 is 2.05 bits per heavy atom. The standard InChI is InChI=1S/C12H9Br2ClN4O3/c1-6-10(15)4-16-18(6)5-11(20)17-12-8(13)2-7(19(21)22)3-9(12)14/h2-4H,5H2,1H3,(H,17,20). The minimum atomic E-state index is -0.518. The second-order valence-electron chi connectivity index (χ2n) is 4.33. The van der Waals surface area contributed by atoms with Crippen LogP contribution >= 0.6 is 43.5 Å². The Kier molecular flexibility index (Phi) is 5.20. The lowest BCUT2D eigenvalue weighted by atomic mass is 10.3. The number of amides is 1. The first-order valence-corrected chi connectivity index (χ1v) is 7.87. The molecular weight excluding hydrogens is 443 g/mol. The summed E-state index contributed by atoms with van der Waals surface area (Å²) in [5.74, 6) is -0.335. The van der Waals surface area contributed by atoms with Crippen molar-refractivity contribution in [3.8, 4) is 0 Å². The monoisotopic (exact) mass is 450 g/mol. The quantitative estimate of drug-likeness (QED) is 0.563. The summed E-state index contributed by atoms with van der Waals surface area (Å²) in [5.41, 5.74) is 0.997. The van der Waals surface area contributed by atoms with Crippen molar-refractivity contribution < 1.29 is 9.72 Å². The van der Waals surface area contributed by atoms with Crippen molar-refractivity contribution in [2.75, 3.05) is 5.32 Å². The van der Waals surface area contributed by atoms with Crippen molar-refractivity contribution in [2.24, 2.45) is 0 Å². The number of nitro benzene ring substituents is 1. The summed E-state index contributed by atoms with van der Waals surface area (Å²) in [6.45, 7) is 1.73. The fraction of sp³-hybridized carbons (Fsp3) is 0.167. The van der Waals surface area contributed by atoms with Crippen molar-refractivity contribution in [3.63, 3.8) is 0 Å². The maximum absolute atomic E-state index is 12.1. The molecule has 2 rings (SSSR count). The summed E-state index contributed by atoms with van der Waals surface area (Å²) < 4.78 is 2.26. The predicted octanol–water partition coefficient (Wildman–Crippen LogP) is 3.92. The zero-order chi connectivity index (χ0) is 16.4. The zero-order valence-corrected chi connectivity index (χ0v) is 15.1. The fourth-order valence-corrected chi connectivity index (χ4v) is 3.18. The van der Waals surface area contributed by atoms with E-state index in [1.807, 2.05) is 0 Å². The molecule has 7 nitrogen and oxygen atoms in total. The molecule has 1 aromatic heterocycles. The number of benzene rings is 1. The number of anilines is 1. The van der Waals surface area contributed by atoms with Crippen molar-refractivity contribution in [1.82, 2.24) is 9.78 Å². The third-order valence-electron chi connectivity index (χ3n) is 2.84. The van der Waals surface area contributed by atoms with Gasteiger partial charge < -0.3 is 5.32 Å². The highest BCUT2D eigenvalue weighted by molar-refractivity contribution is 9.11. The van der Waals surface area contributed by atoms with Gasteiger partial charge in [0.1, 0.15) is 6.54 Å². The van der Waals surface area contributed by atoms with Gasteiger partial charge in [0.15, 0.2) is 0 Å². The number of nitro groups is 1. The molecule has 0 saturated carbocycles. The van der Waals surface area contributed by atoms with Gasteiger partial charge in [0.2, 0.25) is 5.91 Å². The molecule has 0 fully saturated rings. The highest BCUT2D eigenvalue weighted by atomic mass is 79.9. The van der Waals surface area contributed by atoms with E-state index >= 15 is 0 Å².